The van der Waals surface area contributed by atoms with E-state index in [2.05, 4.69) is 4.98 Å². The van der Waals surface area contributed by atoms with Crippen LogP contribution in [0.25, 0.3) is 11.1 Å². The van der Waals surface area contributed by atoms with Crippen LogP contribution in [0, 0.1) is 0 Å². The molecular weight excluding hydrogens is 339 g/mol. The highest BCUT2D eigenvalue weighted by Gasteiger charge is 2.32. The summed E-state index contributed by atoms with van der Waals surface area (Å²) in [6.07, 6.45) is -2.94. The van der Waals surface area contributed by atoms with Crippen LogP contribution in [0.3, 0.4) is 0 Å². The molecule has 5 nitrogen and oxygen atoms in total. The first-order valence-corrected chi connectivity index (χ1v) is 6.49. The molecule has 0 aliphatic rings. The molecule has 2 rings (SSSR count). The van der Waals surface area contributed by atoms with Gasteiger partial charge in [-0.25, -0.2) is 13.8 Å². The highest BCUT2D eigenvalue weighted by molar-refractivity contribution is 5.69. The predicted molar refractivity (Wildman–Crippen MR) is 72.6 cm³/mol. The molecule has 0 saturated carbocycles. The van der Waals surface area contributed by atoms with Crippen LogP contribution >= 0.6 is 0 Å². The van der Waals surface area contributed by atoms with Gasteiger partial charge in [-0.2, -0.15) is 13.2 Å². The molecule has 1 heterocycles. The van der Waals surface area contributed by atoms with Crippen molar-refractivity contribution in [3.63, 3.8) is 0 Å². The number of halogens is 5. The lowest BCUT2D eigenvalue weighted by molar-refractivity contribution is -0.137. The monoisotopic (exact) mass is 350 g/mol. The maximum absolute atomic E-state index is 13.2. The highest BCUT2D eigenvalue weighted by Crippen LogP contribution is 2.35. The summed E-state index contributed by atoms with van der Waals surface area (Å²) in [5.41, 5.74) is -2.74. The summed E-state index contributed by atoms with van der Waals surface area (Å²) in [7, 11) is 0. The lowest BCUT2D eigenvalue weighted by Crippen LogP contribution is -2.34. The molecule has 0 fully saturated rings. The van der Waals surface area contributed by atoms with Crippen LogP contribution in [0.5, 0.6) is 5.75 Å². The standard InChI is InChI=1S/C14H11F5N2O3/c15-13(16,6-22)5-21-7-20-4-10(12(21)24)9-2-1-8(3-11(9)23)14(17,18)19/h1-4,7,22-23H,5-6H2. The summed E-state index contributed by atoms with van der Waals surface area (Å²) in [5, 5.41) is 18.3. The van der Waals surface area contributed by atoms with Crippen molar-refractivity contribution in [3.8, 4) is 16.9 Å². The van der Waals surface area contributed by atoms with Crippen LogP contribution < -0.4 is 5.56 Å². The van der Waals surface area contributed by atoms with Crippen molar-refractivity contribution in [2.24, 2.45) is 0 Å². The fourth-order valence-corrected chi connectivity index (χ4v) is 1.98. The van der Waals surface area contributed by atoms with E-state index < -0.39 is 42.1 Å². The molecule has 0 aliphatic carbocycles. The molecule has 0 unspecified atom stereocenters. The zero-order valence-corrected chi connectivity index (χ0v) is 11.9. The molecular formula is C14H11F5N2O3. The second-order valence-electron chi connectivity index (χ2n) is 4.98. The zero-order valence-electron chi connectivity index (χ0n) is 11.9. The van der Waals surface area contributed by atoms with Gasteiger partial charge in [0.05, 0.1) is 24.0 Å². The Morgan fingerprint density at radius 1 is 1.12 bits per heavy atom. The molecule has 10 heteroatoms. The normalized spacial score (nSPS) is 12.4. The number of benzene rings is 1. The number of aromatic hydroxyl groups is 1. The van der Waals surface area contributed by atoms with Crippen molar-refractivity contribution in [2.75, 3.05) is 6.61 Å². The molecule has 130 valence electrons. The molecule has 2 N–H and O–H groups in total. The summed E-state index contributed by atoms with van der Waals surface area (Å²) in [6, 6.07) is 1.92. The van der Waals surface area contributed by atoms with E-state index in [1.165, 1.54) is 0 Å². The minimum absolute atomic E-state index is 0.276. The van der Waals surface area contributed by atoms with Gasteiger partial charge >= 0.3 is 6.18 Å². The Balaban J connectivity index is 2.49. The van der Waals surface area contributed by atoms with Gasteiger partial charge in [-0.05, 0) is 18.2 Å². The lowest BCUT2D eigenvalue weighted by atomic mass is 10.0. The summed E-state index contributed by atoms with van der Waals surface area (Å²) < 4.78 is 64.6. The van der Waals surface area contributed by atoms with Crippen molar-refractivity contribution < 1.29 is 32.2 Å². The average molecular weight is 350 g/mol. The van der Waals surface area contributed by atoms with Crippen LogP contribution in [-0.2, 0) is 12.7 Å². The van der Waals surface area contributed by atoms with Gasteiger partial charge in [-0.1, -0.05) is 0 Å². The molecule has 1 aromatic heterocycles. The van der Waals surface area contributed by atoms with Gasteiger partial charge in [-0.15, -0.1) is 0 Å². The number of hydrogen-bond acceptors (Lipinski definition) is 4. The molecule has 1 aromatic carbocycles. The Kier molecular flexibility index (Phi) is 4.61. The molecule has 0 saturated heterocycles. The summed E-state index contributed by atoms with van der Waals surface area (Å²) in [6.45, 7) is -2.65. The van der Waals surface area contributed by atoms with E-state index in [1.54, 1.807) is 0 Å². The zero-order chi connectivity index (χ0) is 18.1. The van der Waals surface area contributed by atoms with Crippen LogP contribution in [0.4, 0.5) is 22.0 Å². The second kappa shape index (κ2) is 6.19. The molecule has 0 atom stereocenters. The van der Waals surface area contributed by atoms with Crippen molar-refractivity contribution in [1.29, 1.82) is 0 Å². The second-order valence-corrected chi connectivity index (χ2v) is 4.98. The molecule has 2 aromatic rings. The number of aliphatic hydroxyl groups excluding tert-OH is 1. The highest BCUT2D eigenvalue weighted by atomic mass is 19.4. The minimum atomic E-state index is -4.69. The van der Waals surface area contributed by atoms with E-state index in [-0.39, 0.29) is 11.1 Å². The average Bonchev–Trinajstić information content (AvgIpc) is 2.49. The Bertz CT molecular complexity index is 802. The van der Waals surface area contributed by atoms with Crippen molar-refractivity contribution in [2.45, 2.75) is 18.6 Å². The first-order chi connectivity index (χ1) is 11.0. The van der Waals surface area contributed by atoms with Crippen molar-refractivity contribution in [1.82, 2.24) is 9.55 Å². The van der Waals surface area contributed by atoms with Gasteiger partial charge in [0.1, 0.15) is 12.4 Å². The third kappa shape index (κ3) is 3.70. The Morgan fingerprint density at radius 3 is 2.33 bits per heavy atom. The summed E-state index contributed by atoms with van der Waals surface area (Å²) >= 11 is 0. The summed E-state index contributed by atoms with van der Waals surface area (Å²) in [4.78, 5) is 15.7. The van der Waals surface area contributed by atoms with Crippen molar-refractivity contribution >= 4 is 0 Å². The number of aliphatic hydroxyl groups is 1. The maximum atomic E-state index is 13.2. The van der Waals surface area contributed by atoms with Crippen LogP contribution in [0.1, 0.15) is 5.56 Å². The van der Waals surface area contributed by atoms with Gasteiger partial charge in [0.25, 0.3) is 11.5 Å². The summed E-state index contributed by atoms with van der Waals surface area (Å²) in [5.74, 6) is -4.41. The van der Waals surface area contributed by atoms with Crippen LogP contribution in [0.2, 0.25) is 0 Å². The smallest absolute Gasteiger partial charge is 0.416 e. The number of phenolic OH excluding ortho intramolecular Hbond substituents is 1. The fourth-order valence-electron chi connectivity index (χ4n) is 1.98. The number of nitrogens with zero attached hydrogens (tertiary/aromatic N) is 2. The SMILES string of the molecule is O=c1c(-c2ccc(C(F)(F)F)cc2O)cncn1CC(F)(F)CO. The fraction of sp³-hybridized carbons (Fsp3) is 0.286. The van der Waals surface area contributed by atoms with E-state index in [1.807, 2.05) is 0 Å². The van der Waals surface area contributed by atoms with Crippen LogP contribution in [-0.4, -0.2) is 32.3 Å². The number of hydrogen-bond donors (Lipinski definition) is 2. The van der Waals surface area contributed by atoms with E-state index >= 15 is 0 Å². The van der Waals surface area contributed by atoms with Gasteiger partial charge < -0.3 is 10.2 Å². The Morgan fingerprint density at radius 2 is 1.79 bits per heavy atom. The number of rotatable bonds is 4. The quantitative estimate of drug-likeness (QED) is 0.830. The first kappa shape index (κ1) is 17.9. The largest absolute Gasteiger partial charge is 0.507 e. The molecule has 0 spiro atoms. The Hall–Kier alpha value is -2.49. The van der Waals surface area contributed by atoms with E-state index in [4.69, 9.17) is 5.11 Å². The lowest BCUT2D eigenvalue weighted by Gasteiger charge is -2.15. The molecule has 0 radical (unpaired) electrons. The number of phenols is 1. The van der Waals surface area contributed by atoms with Crippen molar-refractivity contribution in [3.05, 3.63) is 46.6 Å². The maximum Gasteiger partial charge on any atom is 0.416 e. The van der Waals surface area contributed by atoms with Gasteiger partial charge in [-0.3, -0.25) is 9.36 Å². The first-order valence-electron chi connectivity index (χ1n) is 6.49. The third-order valence-electron chi connectivity index (χ3n) is 3.15. The molecule has 0 amide bonds. The number of aromatic nitrogens is 2. The minimum Gasteiger partial charge on any atom is -0.507 e. The molecule has 0 aliphatic heterocycles. The molecule has 0 bridgehead atoms. The van der Waals surface area contributed by atoms with E-state index in [9.17, 15) is 31.9 Å². The van der Waals surface area contributed by atoms with Gasteiger partial charge in [0, 0.05) is 11.8 Å². The van der Waals surface area contributed by atoms with E-state index in [0.29, 0.717) is 16.7 Å². The number of alkyl halides is 5. The van der Waals surface area contributed by atoms with E-state index in [0.717, 1.165) is 18.6 Å². The topological polar surface area (TPSA) is 75.3 Å². The van der Waals surface area contributed by atoms with Gasteiger partial charge in [0.15, 0.2) is 0 Å². The molecule has 24 heavy (non-hydrogen) atoms. The van der Waals surface area contributed by atoms with Gasteiger partial charge in [0.2, 0.25) is 0 Å². The van der Waals surface area contributed by atoms with Crippen LogP contribution in [0.15, 0.2) is 35.5 Å². The predicted octanol–water partition coefficient (Wildman–Crippen LogP) is 2.26. The Labute approximate surface area is 131 Å². The third-order valence-corrected chi connectivity index (χ3v) is 3.15.